The largest absolute Gasteiger partial charge is 0.402 e. The molecular weight excluding hydrogens is 305 g/mol. The lowest BCUT2D eigenvalue weighted by Gasteiger charge is -2.28. The van der Waals surface area contributed by atoms with Crippen molar-refractivity contribution in [2.45, 2.75) is 44.8 Å². The summed E-state index contributed by atoms with van der Waals surface area (Å²) in [5, 5.41) is 0. The second-order valence-electron chi connectivity index (χ2n) is 5.19. The van der Waals surface area contributed by atoms with Crippen molar-refractivity contribution < 1.29 is 21.6 Å². The molecule has 0 bridgehead atoms. The minimum atomic E-state index is -4.62. The van der Waals surface area contributed by atoms with Gasteiger partial charge in [-0.3, -0.25) is 0 Å². The van der Waals surface area contributed by atoms with Crippen LogP contribution in [0.5, 0.6) is 0 Å². The molecule has 0 aliphatic heterocycles. The summed E-state index contributed by atoms with van der Waals surface area (Å²) in [5.74, 6) is 0. The van der Waals surface area contributed by atoms with Gasteiger partial charge in [0.1, 0.15) is 11.4 Å². The molecule has 1 rings (SSSR count). The lowest BCUT2D eigenvalue weighted by molar-refractivity contribution is -0.138. The molecule has 1 aromatic rings. The molecule has 0 aromatic heterocycles. The van der Waals surface area contributed by atoms with Gasteiger partial charge in [0.25, 0.3) is 0 Å². The van der Waals surface area contributed by atoms with Gasteiger partial charge in [0.2, 0.25) is 10.0 Å². The van der Waals surface area contributed by atoms with Crippen LogP contribution in [0.4, 0.5) is 18.9 Å². The third-order valence-corrected chi connectivity index (χ3v) is 5.41. The van der Waals surface area contributed by atoms with Gasteiger partial charge in [-0.05, 0) is 44.9 Å². The van der Waals surface area contributed by atoms with Gasteiger partial charge >= 0.3 is 6.18 Å². The molecule has 0 spiro atoms. The van der Waals surface area contributed by atoms with Gasteiger partial charge in [-0.1, -0.05) is 6.07 Å². The van der Waals surface area contributed by atoms with E-state index >= 15 is 0 Å². The predicted molar refractivity (Wildman–Crippen MR) is 75.4 cm³/mol. The van der Waals surface area contributed by atoms with E-state index in [1.54, 1.807) is 13.0 Å². The lowest BCUT2D eigenvalue weighted by Crippen LogP contribution is -2.43. The van der Waals surface area contributed by atoms with Gasteiger partial charge < -0.3 is 5.73 Å². The summed E-state index contributed by atoms with van der Waals surface area (Å²) in [6.45, 7) is 4.46. The Morgan fingerprint density at radius 1 is 1.24 bits per heavy atom. The van der Waals surface area contributed by atoms with Gasteiger partial charge in [0, 0.05) is 6.04 Å². The molecule has 120 valence electrons. The number of halogens is 3. The lowest BCUT2D eigenvalue weighted by atomic mass is 10.1. The van der Waals surface area contributed by atoms with Crippen LogP contribution in [0.1, 0.15) is 25.0 Å². The number of nitrogen functional groups attached to an aromatic ring is 1. The zero-order valence-corrected chi connectivity index (χ0v) is 13.1. The Labute approximate surface area is 122 Å². The molecule has 4 nitrogen and oxygen atoms in total. The van der Waals surface area contributed by atoms with Crippen molar-refractivity contribution >= 4 is 15.7 Å². The number of alkyl halides is 3. The molecule has 0 aliphatic carbocycles. The van der Waals surface area contributed by atoms with Gasteiger partial charge in [0.15, 0.2) is 0 Å². The van der Waals surface area contributed by atoms with Crippen molar-refractivity contribution in [3.63, 3.8) is 0 Å². The van der Waals surface area contributed by atoms with Crippen molar-refractivity contribution in [2.75, 3.05) is 12.3 Å². The molecule has 0 saturated carbocycles. The number of aryl methyl sites for hydroxylation is 1. The fraction of sp³-hybridized carbons (Fsp3) is 0.538. The first-order valence-corrected chi connectivity index (χ1v) is 7.76. The van der Waals surface area contributed by atoms with E-state index in [1.807, 2.05) is 0 Å². The van der Waals surface area contributed by atoms with Crippen LogP contribution in [0.15, 0.2) is 17.0 Å². The van der Waals surface area contributed by atoms with Crippen LogP contribution in [-0.4, -0.2) is 31.5 Å². The smallest absolute Gasteiger partial charge is 0.398 e. The van der Waals surface area contributed by atoms with Crippen LogP contribution in [0.25, 0.3) is 0 Å². The van der Waals surface area contributed by atoms with Gasteiger partial charge in [-0.25, -0.2) is 8.42 Å². The Hall–Kier alpha value is -1.28. The molecule has 21 heavy (non-hydrogen) atoms. The molecule has 8 heteroatoms. The van der Waals surface area contributed by atoms with Crippen LogP contribution < -0.4 is 5.73 Å². The highest BCUT2D eigenvalue weighted by atomic mass is 32.2. The SMILES string of the molecule is Cc1ccc(N)c(S(=O)(=O)N(CC(F)(F)F)C(C)C)c1C. The third-order valence-electron chi connectivity index (χ3n) is 3.18. The fourth-order valence-corrected chi connectivity index (χ4v) is 4.01. The second kappa shape index (κ2) is 5.84. The molecule has 0 amide bonds. The van der Waals surface area contributed by atoms with Crippen LogP contribution in [0.2, 0.25) is 0 Å². The van der Waals surface area contributed by atoms with Crippen molar-refractivity contribution in [1.29, 1.82) is 0 Å². The molecule has 1 aromatic carbocycles. The van der Waals surface area contributed by atoms with Crippen molar-refractivity contribution in [1.82, 2.24) is 4.31 Å². The molecule has 2 N–H and O–H groups in total. The summed E-state index contributed by atoms with van der Waals surface area (Å²) in [6.07, 6.45) is -4.62. The number of hydrogen-bond donors (Lipinski definition) is 1. The molecule has 0 heterocycles. The quantitative estimate of drug-likeness (QED) is 0.866. The van der Waals surface area contributed by atoms with E-state index < -0.39 is 28.8 Å². The minimum absolute atomic E-state index is 0.0501. The monoisotopic (exact) mass is 324 g/mol. The topological polar surface area (TPSA) is 63.4 Å². The Bertz CT molecular complexity index is 625. The molecule has 0 saturated heterocycles. The van der Waals surface area contributed by atoms with Crippen molar-refractivity contribution in [3.05, 3.63) is 23.3 Å². The van der Waals surface area contributed by atoms with E-state index in [1.165, 1.54) is 26.8 Å². The summed E-state index contributed by atoms with van der Waals surface area (Å²) >= 11 is 0. The van der Waals surface area contributed by atoms with Crippen LogP contribution in [-0.2, 0) is 10.0 Å². The van der Waals surface area contributed by atoms with Crippen LogP contribution >= 0.6 is 0 Å². The average molecular weight is 324 g/mol. The first-order chi connectivity index (χ1) is 9.38. The first-order valence-electron chi connectivity index (χ1n) is 6.32. The fourth-order valence-electron chi connectivity index (χ4n) is 1.99. The molecule has 0 unspecified atom stereocenters. The maximum Gasteiger partial charge on any atom is 0.402 e. The van der Waals surface area contributed by atoms with Crippen molar-refractivity contribution in [3.8, 4) is 0 Å². The number of benzene rings is 1. The minimum Gasteiger partial charge on any atom is -0.398 e. The number of hydrogen-bond acceptors (Lipinski definition) is 3. The first kappa shape index (κ1) is 17.8. The van der Waals surface area contributed by atoms with Gasteiger partial charge in [-0.15, -0.1) is 0 Å². The van der Waals surface area contributed by atoms with E-state index in [0.29, 0.717) is 15.4 Å². The molecule has 0 aliphatic rings. The summed E-state index contributed by atoms with van der Waals surface area (Å²) in [6, 6.07) is 2.19. The van der Waals surface area contributed by atoms with Crippen LogP contribution in [0.3, 0.4) is 0 Å². The van der Waals surface area contributed by atoms with E-state index in [-0.39, 0.29) is 10.6 Å². The predicted octanol–water partition coefficient (Wildman–Crippen LogP) is 2.85. The Balaban J connectivity index is 3.48. The van der Waals surface area contributed by atoms with Gasteiger partial charge in [-0.2, -0.15) is 17.5 Å². The average Bonchev–Trinajstić information content (AvgIpc) is 2.29. The number of nitrogens with zero attached hydrogens (tertiary/aromatic N) is 1. The van der Waals surface area contributed by atoms with Gasteiger partial charge in [0.05, 0.1) is 5.69 Å². The molecule has 0 atom stereocenters. The highest BCUT2D eigenvalue weighted by Crippen LogP contribution is 2.31. The maximum atomic E-state index is 12.7. The van der Waals surface area contributed by atoms with E-state index in [0.717, 1.165) is 0 Å². The summed E-state index contributed by atoms with van der Waals surface area (Å²) in [5.41, 5.74) is 6.66. The third kappa shape index (κ3) is 3.88. The van der Waals surface area contributed by atoms with E-state index in [2.05, 4.69) is 0 Å². The molecule has 0 radical (unpaired) electrons. The summed E-state index contributed by atoms with van der Waals surface area (Å²) in [7, 11) is -4.33. The zero-order valence-electron chi connectivity index (χ0n) is 12.3. The van der Waals surface area contributed by atoms with E-state index in [9.17, 15) is 21.6 Å². The second-order valence-corrected chi connectivity index (χ2v) is 7.01. The normalized spacial score (nSPS) is 13.2. The number of nitrogens with two attached hydrogens (primary N) is 1. The Kier molecular flexibility index (Phi) is 4.94. The highest BCUT2D eigenvalue weighted by Gasteiger charge is 2.39. The van der Waals surface area contributed by atoms with E-state index in [4.69, 9.17) is 5.73 Å². The zero-order chi connectivity index (χ0) is 16.6. The summed E-state index contributed by atoms with van der Waals surface area (Å²) in [4.78, 5) is -0.250. The molecular formula is C13H19F3N2O2S. The van der Waals surface area contributed by atoms with Crippen molar-refractivity contribution in [2.24, 2.45) is 0 Å². The maximum absolute atomic E-state index is 12.7. The Morgan fingerprint density at radius 3 is 2.19 bits per heavy atom. The molecule has 0 fully saturated rings. The number of rotatable bonds is 4. The number of anilines is 1. The number of sulfonamides is 1. The summed E-state index contributed by atoms with van der Waals surface area (Å²) < 4.78 is 63.6. The van der Waals surface area contributed by atoms with Crippen LogP contribution in [0, 0.1) is 13.8 Å². The standard InChI is InChI=1S/C13H19F3N2O2S/c1-8(2)18(7-13(14,15)16)21(19,20)12-10(4)9(3)5-6-11(12)17/h5-6,8H,7,17H2,1-4H3. The highest BCUT2D eigenvalue weighted by molar-refractivity contribution is 7.89. The Morgan fingerprint density at radius 2 is 1.76 bits per heavy atom.